The molecule has 0 atom stereocenters. The summed E-state index contributed by atoms with van der Waals surface area (Å²) in [4.78, 5) is 7.46. The molecule has 0 aliphatic heterocycles. The predicted molar refractivity (Wildman–Crippen MR) is 70.4 cm³/mol. The SMILES string of the molecule is CC=C(Cl)C(=NC)c1c[nH]c2ccccc12. The minimum Gasteiger partial charge on any atom is -0.360 e. The van der Waals surface area contributed by atoms with Gasteiger partial charge in [0.05, 0.1) is 10.7 Å². The summed E-state index contributed by atoms with van der Waals surface area (Å²) in [5, 5.41) is 1.82. The van der Waals surface area contributed by atoms with Crippen LogP contribution in [0.3, 0.4) is 0 Å². The molecular weight excluding hydrogens is 220 g/mol. The van der Waals surface area contributed by atoms with E-state index in [0.717, 1.165) is 22.2 Å². The number of allylic oxidation sites excluding steroid dienone is 2. The maximum Gasteiger partial charge on any atom is 0.0847 e. The van der Waals surface area contributed by atoms with Crippen molar-refractivity contribution >= 4 is 28.2 Å². The first-order valence-corrected chi connectivity index (χ1v) is 5.51. The molecule has 0 radical (unpaired) electrons. The fraction of sp³-hybridized carbons (Fsp3) is 0.154. The Labute approximate surface area is 99.7 Å². The minimum absolute atomic E-state index is 0.673. The van der Waals surface area contributed by atoms with Gasteiger partial charge in [-0.15, -0.1) is 0 Å². The number of nitrogens with one attached hydrogen (secondary N) is 1. The number of benzene rings is 1. The van der Waals surface area contributed by atoms with E-state index in [9.17, 15) is 0 Å². The van der Waals surface area contributed by atoms with Gasteiger partial charge in [0.2, 0.25) is 0 Å². The van der Waals surface area contributed by atoms with Gasteiger partial charge in [-0.25, -0.2) is 0 Å². The number of fused-ring (bicyclic) bond motifs is 1. The second kappa shape index (κ2) is 4.54. The molecule has 3 heteroatoms. The van der Waals surface area contributed by atoms with Gasteiger partial charge in [0.1, 0.15) is 0 Å². The van der Waals surface area contributed by atoms with Crippen molar-refractivity contribution in [2.24, 2.45) is 4.99 Å². The Morgan fingerprint density at radius 3 is 2.81 bits per heavy atom. The van der Waals surface area contributed by atoms with Crippen LogP contribution in [0.4, 0.5) is 0 Å². The molecular formula is C13H13ClN2. The molecule has 0 amide bonds. The van der Waals surface area contributed by atoms with Gasteiger partial charge in [-0.05, 0) is 13.0 Å². The Bertz CT molecular complexity index is 564. The lowest BCUT2D eigenvalue weighted by molar-refractivity contribution is 1.42. The third kappa shape index (κ3) is 1.76. The van der Waals surface area contributed by atoms with E-state index in [1.807, 2.05) is 37.4 Å². The van der Waals surface area contributed by atoms with Crippen LogP contribution in [0.2, 0.25) is 0 Å². The summed E-state index contributed by atoms with van der Waals surface area (Å²) in [6.45, 7) is 1.91. The minimum atomic E-state index is 0.673. The van der Waals surface area contributed by atoms with Gasteiger partial charge in [-0.1, -0.05) is 35.9 Å². The standard InChI is InChI=1S/C13H13ClN2/c1-3-11(14)13(15-2)10-8-16-12-7-5-4-6-9(10)12/h3-8,16H,1-2H3. The molecule has 2 aromatic rings. The van der Waals surface area contributed by atoms with Crippen LogP contribution < -0.4 is 0 Å². The highest BCUT2D eigenvalue weighted by Crippen LogP contribution is 2.22. The molecule has 16 heavy (non-hydrogen) atoms. The Balaban J connectivity index is 2.63. The number of rotatable bonds is 2. The molecule has 82 valence electrons. The number of aliphatic imine (C=N–C) groups is 1. The van der Waals surface area contributed by atoms with Gasteiger partial charge in [-0.3, -0.25) is 4.99 Å². The summed E-state index contributed by atoms with van der Waals surface area (Å²) in [5.41, 5.74) is 2.96. The lowest BCUT2D eigenvalue weighted by Crippen LogP contribution is -1.99. The zero-order valence-electron chi connectivity index (χ0n) is 9.29. The largest absolute Gasteiger partial charge is 0.360 e. The van der Waals surface area contributed by atoms with E-state index in [2.05, 4.69) is 16.0 Å². The molecule has 1 N–H and O–H groups in total. The second-order valence-electron chi connectivity index (χ2n) is 3.46. The van der Waals surface area contributed by atoms with E-state index < -0.39 is 0 Å². The molecule has 1 heterocycles. The first-order chi connectivity index (χ1) is 7.77. The van der Waals surface area contributed by atoms with Crippen molar-refractivity contribution in [1.29, 1.82) is 0 Å². The molecule has 1 aromatic carbocycles. The quantitative estimate of drug-likeness (QED) is 0.765. The maximum absolute atomic E-state index is 6.14. The number of hydrogen-bond acceptors (Lipinski definition) is 1. The number of para-hydroxylation sites is 1. The van der Waals surface area contributed by atoms with Crippen LogP contribution in [0.15, 0.2) is 46.6 Å². The molecule has 2 rings (SSSR count). The molecule has 2 nitrogen and oxygen atoms in total. The third-order valence-corrected chi connectivity index (χ3v) is 2.94. The Kier molecular flexibility index (Phi) is 3.11. The van der Waals surface area contributed by atoms with Gasteiger partial charge in [0.25, 0.3) is 0 Å². The summed E-state index contributed by atoms with van der Waals surface area (Å²) in [6.07, 6.45) is 3.80. The van der Waals surface area contributed by atoms with E-state index >= 15 is 0 Å². The molecule has 0 saturated carbocycles. The third-order valence-electron chi connectivity index (χ3n) is 2.55. The van der Waals surface area contributed by atoms with Crippen molar-refractivity contribution < 1.29 is 0 Å². The summed E-state index contributed by atoms with van der Waals surface area (Å²) in [5.74, 6) is 0. The number of nitrogens with zero attached hydrogens (tertiary/aromatic N) is 1. The molecule has 0 fully saturated rings. The Hall–Kier alpha value is -1.54. The van der Waals surface area contributed by atoms with Crippen LogP contribution in [-0.4, -0.2) is 17.7 Å². The van der Waals surface area contributed by atoms with E-state index in [4.69, 9.17) is 11.6 Å². The molecule has 0 aliphatic rings. The summed E-state index contributed by atoms with van der Waals surface area (Å²) in [7, 11) is 1.75. The van der Waals surface area contributed by atoms with Crippen LogP contribution >= 0.6 is 11.6 Å². The van der Waals surface area contributed by atoms with E-state index in [-0.39, 0.29) is 0 Å². The van der Waals surface area contributed by atoms with Gasteiger partial charge in [0.15, 0.2) is 0 Å². The number of aromatic amines is 1. The number of aromatic nitrogens is 1. The smallest absolute Gasteiger partial charge is 0.0847 e. The van der Waals surface area contributed by atoms with Crippen LogP contribution in [0.5, 0.6) is 0 Å². The van der Waals surface area contributed by atoms with Gasteiger partial charge < -0.3 is 4.98 Å². The lowest BCUT2D eigenvalue weighted by atomic mass is 10.1. The maximum atomic E-state index is 6.14. The molecule has 0 unspecified atom stereocenters. The van der Waals surface area contributed by atoms with Gasteiger partial charge in [-0.2, -0.15) is 0 Å². The average Bonchev–Trinajstić information content (AvgIpc) is 2.74. The molecule has 0 spiro atoms. The van der Waals surface area contributed by atoms with Gasteiger partial charge >= 0.3 is 0 Å². The zero-order chi connectivity index (χ0) is 11.5. The molecule has 0 saturated heterocycles. The van der Waals surface area contributed by atoms with Crippen LogP contribution in [0, 0.1) is 0 Å². The fourth-order valence-electron chi connectivity index (χ4n) is 1.76. The number of H-pyrrole nitrogens is 1. The van der Waals surface area contributed by atoms with E-state index in [1.54, 1.807) is 7.05 Å². The van der Waals surface area contributed by atoms with Crippen molar-refractivity contribution in [1.82, 2.24) is 4.98 Å². The Morgan fingerprint density at radius 2 is 2.12 bits per heavy atom. The number of halogens is 1. The van der Waals surface area contributed by atoms with Crippen LogP contribution in [0.25, 0.3) is 10.9 Å². The van der Waals surface area contributed by atoms with Crippen molar-refractivity contribution in [3.8, 4) is 0 Å². The van der Waals surface area contributed by atoms with Crippen LogP contribution in [-0.2, 0) is 0 Å². The molecule has 1 aromatic heterocycles. The van der Waals surface area contributed by atoms with Crippen molar-refractivity contribution in [3.05, 3.63) is 47.1 Å². The highest BCUT2D eigenvalue weighted by molar-refractivity contribution is 6.47. The van der Waals surface area contributed by atoms with Crippen LogP contribution in [0.1, 0.15) is 12.5 Å². The summed E-state index contributed by atoms with van der Waals surface area (Å²) in [6, 6.07) is 8.11. The summed E-state index contributed by atoms with van der Waals surface area (Å²) < 4.78 is 0. The van der Waals surface area contributed by atoms with Gasteiger partial charge in [0, 0.05) is 29.7 Å². The van der Waals surface area contributed by atoms with Crippen molar-refractivity contribution in [3.63, 3.8) is 0 Å². The Morgan fingerprint density at radius 1 is 1.38 bits per heavy atom. The summed E-state index contributed by atoms with van der Waals surface area (Å²) >= 11 is 6.14. The molecule has 0 aliphatic carbocycles. The monoisotopic (exact) mass is 232 g/mol. The topological polar surface area (TPSA) is 28.1 Å². The highest BCUT2D eigenvalue weighted by Gasteiger charge is 2.11. The zero-order valence-corrected chi connectivity index (χ0v) is 10.0. The fourth-order valence-corrected chi connectivity index (χ4v) is 1.95. The highest BCUT2D eigenvalue weighted by atomic mass is 35.5. The normalized spacial score (nSPS) is 13.4. The first kappa shape index (κ1) is 11.0. The average molecular weight is 233 g/mol. The lowest BCUT2D eigenvalue weighted by Gasteiger charge is -2.02. The predicted octanol–water partition coefficient (Wildman–Crippen LogP) is 3.73. The van der Waals surface area contributed by atoms with Crippen molar-refractivity contribution in [2.45, 2.75) is 6.92 Å². The molecule has 0 bridgehead atoms. The van der Waals surface area contributed by atoms with Crippen molar-refractivity contribution in [2.75, 3.05) is 7.05 Å². The van der Waals surface area contributed by atoms with E-state index in [1.165, 1.54) is 0 Å². The van der Waals surface area contributed by atoms with E-state index in [0.29, 0.717) is 5.03 Å². The number of hydrogen-bond donors (Lipinski definition) is 1. The first-order valence-electron chi connectivity index (χ1n) is 5.13. The second-order valence-corrected chi connectivity index (χ2v) is 3.86.